The van der Waals surface area contributed by atoms with Gasteiger partial charge in [-0.25, -0.2) is 20.0 Å². The van der Waals surface area contributed by atoms with Crippen LogP contribution in [0.25, 0.3) is 49.2 Å². The van der Waals surface area contributed by atoms with Crippen LogP contribution in [0.2, 0.25) is 0 Å². The van der Waals surface area contributed by atoms with E-state index in [9.17, 15) is 13.2 Å². The van der Waals surface area contributed by atoms with E-state index in [2.05, 4.69) is 26.1 Å². The van der Waals surface area contributed by atoms with E-state index in [0.717, 1.165) is 44.2 Å². The first-order chi connectivity index (χ1) is 20.6. The van der Waals surface area contributed by atoms with Gasteiger partial charge in [0.15, 0.2) is 4.75 Å². The number of pyridine rings is 1. The molecule has 6 heterocycles. The molecule has 1 N–H and O–H groups in total. The van der Waals surface area contributed by atoms with Gasteiger partial charge in [-0.3, -0.25) is 14.2 Å². The molecule has 0 radical (unpaired) electrons. The molecular weight excluding hydrogens is 566 g/mol. The summed E-state index contributed by atoms with van der Waals surface area (Å²) in [5, 5.41) is 10.6. The lowest BCUT2D eigenvalue weighted by Crippen LogP contribution is -2.45. The van der Waals surface area contributed by atoms with Crippen LogP contribution in [0.5, 0.6) is 0 Å². The monoisotopic (exact) mass is 595 g/mol. The molecule has 2 fully saturated rings. The number of anilines is 1. The molecule has 0 bridgehead atoms. The molecule has 1 unspecified atom stereocenters. The molecule has 4 aromatic heterocycles. The number of aromatic amines is 1. The fraction of sp³-hybridized carbons (Fsp3) is 0.367. The summed E-state index contributed by atoms with van der Waals surface area (Å²) in [4.78, 5) is 27.6. The SMILES string of the molecule is [C-]#[N+]CC1(S(=O)(=O)N2CCC3(C2)C(=O)N(C)c2cnc4[nH]c(-c5cnn(C)c5)c(-c5ccc6c(cnn6C)c5)c4c23)CC1. The maximum Gasteiger partial charge on any atom is 0.238 e. The standard InChI is InChI=1S/C30H29N9O3S/c1-31-16-29(7-8-29)43(41,42)39-10-9-30(17-39)25-22(37(3)28(30)40)14-32-27-24(25)23(26(35-27)20-13-33-36(2)15-20)18-5-6-21-19(11-18)12-34-38(21)4/h5-6,11-15H,7-10,16-17H2,2-4H3,(H,32,35). The van der Waals surface area contributed by atoms with Crippen LogP contribution in [0.15, 0.2) is 43.0 Å². The van der Waals surface area contributed by atoms with Crippen molar-refractivity contribution in [1.82, 2.24) is 33.8 Å². The lowest BCUT2D eigenvalue weighted by molar-refractivity contribution is -0.122. The molecular formula is C30H29N9O3S. The molecule has 1 saturated heterocycles. The zero-order valence-electron chi connectivity index (χ0n) is 24.0. The Morgan fingerprint density at radius 2 is 1.88 bits per heavy atom. The van der Waals surface area contributed by atoms with Gasteiger partial charge in [-0.2, -0.15) is 14.5 Å². The van der Waals surface area contributed by atoms with Crippen LogP contribution in [-0.2, 0) is 34.3 Å². The summed E-state index contributed by atoms with van der Waals surface area (Å²) in [6.07, 6.45) is 8.57. The zero-order chi connectivity index (χ0) is 29.9. The van der Waals surface area contributed by atoms with Crippen LogP contribution in [0.1, 0.15) is 24.8 Å². The topological polar surface area (TPSA) is 126 Å². The van der Waals surface area contributed by atoms with Crippen LogP contribution < -0.4 is 4.90 Å². The Hall–Kier alpha value is -4.54. The van der Waals surface area contributed by atoms with E-state index in [1.165, 1.54) is 4.31 Å². The molecule has 1 amide bonds. The van der Waals surface area contributed by atoms with Crippen molar-refractivity contribution in [3.8, 4) is 22.4 Å². The Bertz CT molecular complexity index is 2170. The van der Waals surface area contributed by atoms with Crippen LogP contribution in [0.4, 0.5) is 5.69 Å². The Morgan fingerprint density at radius 3 is 2.60 bits per heavy atom. The third-order valence-electron chi connectivity index (χ3n) is 9.68. The van der Waals surface area contributed by atoms with Gasteiger partial charge in [0, 0.05) is 67.9 Å². The third kappa shape index (κ3) is 3.36. The van der Waals surface area contributed by atoms with Crippen LogP contribution in [-0.4, -0.2) is 79.6 Å². The van der Waals surface area contributed by atoms with Crippen molar-refractivity contribution in [1.29, 1.82) is 0 Å². The fourth-order valence-electron chi connectivity index (χ4n) is 7.21. The second-order valence-electron chi connectivity index (χ2n) is 12.1. The van der Waals surface area contributed by atoms with Gasteiger partial charge in [0.2, 0.25) is 22.5 Å². The minimum absolute atomic E-state index is 0.0405. The molecule has 218 valence electrons. The first-order valence-corrected chi connectivity index (χ1v) is 15.6. The molecule has 2 aliphatic heterocycles. The number of nitrogens with zero attached hydrogens (tertiary/aromatic N) is 8. The van der Waals surface area contributed by atoms with Gasteiger partial charge in [-0.05, 0) is 37.0 Å². The summed E-state index contributed by atoms with van der Waals surface area (Å²) in [5.74, 6) is -0.137. The van der Waals surface area contributed by atoms with Crippen molar-refractivity contribution in [3.63, 3.8) is 0 Å². The number of amides is 1. The highest BCUT2D eigenvalue weighted by Crippen LogP contribution is 2.55. The van der Waals surface area contributed by atoms with E-state index in [1.807, 2.05) is 43.3 Å². The number of H-pyrrole nitrogens is 1. The summed E-state index contributed by atoms with van der Waals surface area (Å²) in [5.41, 5.74) is 5.51. The molecule has 43 heavy (non-hydrogen) atoms. The number of nitrogens with one attached hydrogen (secondary N) is 1. The Balaban J connectivity index is 1.38. The zero-order valence-corrected chi connectivity index (χ0v) is 24.8. The van der Waals surface area contributed by atoms with E-state index in [1.54, 1.807) is 29.0 Å². The van der Waals surface area contributed by atoms with E-state index >= 15 is 0 Å². The van der Waals surface area contributed by atoms with Gasteiger partial charge in [0.25, 0.3) is 0 Å². The third-order valence-corrected chi connectivity index (χ3v) is 12.3. The van der Waals surface area contributed by atoms with Crippen molar-refractivity contribution in [2.24, 2.45) is 14.1 Å². The highest BCUT2D eigenvalue weighted by atomic mass is 32.2. The molecule has 5 aromatic rings. The van der Waals surface area contributed by atoms with Crippen molar-refractivity contribution < 1.29 is 13.2 Å². The number of hydrogen-bond donors (Lipinski definition) is 1. The fourth-order valence-corrected chi connectivity index (χ4v) is 9.32. The maximum absolute atomic E-state index is 14.2. The normalized spacial score (nSPS) is 21.3. The number of carbonyl (C=O) groups is 1. The number of aryl methyl sites for hydroxylation is 2. The molecule has 8 rings (SSSR count). The Morgan fingerprint density at radius 1 is 1.07 bits per heavy atom. The number of rotatable bonds is 5. The predicted molar refractivity (Wildman–Crippen MR) is 162 cm³/mol. The minimum Gasteiger partial charge on any atom is -0.339 e. The molecule has 1 atom stereocenters. The van der Waals surface area contributed by atoms with Gasteiger partial charge in [-0.15, -0.1) is 0 Å². The average Bonchev–Trinajstić information content (AvgIpc) is 3.40. The highest BCUT2D eigenvalue weighted by Gasteiger charge is 2.64. The van der Waals surface area contributed by atoms with E-state index in [4.69, 9.17) is 11.6 Å². The van der Waals surface area contributed by atoms with E-state index in [-0.39, 0.29) is 25.5 Å². The summed E-state index contributed by atoms with van der Waals surface area (Å²) < 4.78 is 31.7. The summed E-state index contributed by atoms with van der Waals surface area (Å²) in [6, 6.07) is 6.17. The lowest BCUT2D eigenvalue weighted by Gasteiger charge is -2.25. The number of fused-ring (bicyclic) bond motifs is 5. The first kappa shape index (κ1) is 26.1. The van der Waals surface area contributed by atoms with Crippen LogP contribution >= 0.6 is 0 Å². The van der Waals surface area contributed by atoms with Gasteiger partial charge >= 0.3 is 0 Å². The Labute approximate surface area is 247 Å². The van der Waals surface area contributed by atoms with Gasteiger partial charge in [0.1, 0.15) is 5.65 Å². The molecule has 1 saturated carbocycles. The second kappa shape index (κ2) is 8.52. The van der Waals surface area contributed by atoms with E-state index < -0.39 is 20.2 Å². The average molecular weight is 596 g/mol. The van der Waals surface area contributed by atoms with Gasteiger partial charge < -0.3 is 14.7 Å². The van der Waals surface area contributed by atoms with Crippen LogP contribution in [0.3, 0.4) is 0 Å². The van der Waals surface area contributed by atoms with E-state index in [0.29, 0.717) is 30.6 Å². The minimum atomic E-state index is -3.76. The molecule has 1 aliphatic carbocycles. The quantitative estimate of drug-likeness (QED) is 0.311. The predicted octanol–water partition coefficient (Wildman–Crippen LogP) is 3.22. The maximum atomic E-state index is 14.2. The molecule has 13 heteroatoms. The van der Waals surface area contributed by atoms with Crippen molar-refractivity contribution in [3.05, 3.63) is 60.0 Å². The van der Waals surface area contributed by atoms with Crippen molar-refractivity contribution in [2.75, 3.05) is 31.6 Å². The number of sulfonamides is 1. The van der Waals surface area contributed by atoms with Crippen molar-refractivity contribution in [2.45, 2.75) is 29.4 Å². The van der Waals surface area contributed by atoms with Gasteiger partial charge in [0.05, 0.1) is 40.9 Å². The molecule has 3 aliphatic rings. The second-order valence-corrected chi connectivity index (χ2v) is 14.4. The summed E-state index contributed by atoms with van der Waals surface area (Å²) in [6.45, 7) is 7.56. The van der Waals surface area contributed by atoms with Gasteiger partial charge in [-0.1, -0.05) is 6.07 Å². The van der Waals surface area contributed by atoms with Crippen LogP contribution in [0, 0.1) is 6.57 Å². The number of aromatic nitrogens is 6. The Kier molecular flexibility index (Phi) is 5.17. The lowest BCUT2D eigenvalue weighted by atomic mass is 9.78. The number of hydrogen-bond acceptors (Lipinski definition) is 6. The number of likely N-dealkylation sites (N-methyl/N-ethyl adjacent to an activating group) is 1. The highest BCUT2D eigenvalue weighted by molar-refractivity contribution is 7.90. The van der Waals surface area contributed by atoms with Crippen molar-refractivity contribution >= 4 is 43.6 Å². The molecule has 12 nitrogen and oxygen atoms in total. The molecule has 1 aromatic carbocycles. The number of carbonyl (C=O) groups excluding carboxylic acids is 1. The smallest absolute Gasteiger partial charge is 0.238 e. The summed E-state index contributed by atoms with van der Waals surface area (Å²) in [7, 11) is 1.74. The first-order valence-electron chi connectivity index (χ1n) is 14.2. The summed E-state index contributed by atoms with van der Waals surface area (Å²) >= 11 is 0. The molecule has 1 spiro atoms. The largest absolute Gasteiger partial charge is 0.339 e. The number of benzene rings is 1.